The van der Waals surface area contributed by atoms with Crippen LogP contribution in [-0.4, -0.2) is 31.6 Å². The third kappa shape index (κ3) is 7.48. The zero-order valence-electron chi connectivity index (χ0n) is 15.4. The Bertz CT molecular complexity index is 729. The summed E-state index contributed by atoms with van der Waals surface area (Å²) in [6, 6.07) is 12.7. The number of amides is 1. The maximum Gasteiger partial charge on any atom is 0.338 e. The molecule has 0 aliphatic heterocycles. The number of hydrogen-bond acceptors (Lipinski definition) is 4. The Morgan fingerprint density at radius 3 is 2.41 bits per heavy atom. The van der Waals surface area contributed by atoms with Crippen molar-refractivity contribution in [2.45, 2.75) is 26.2 Å². The first kappa shape index (κ1) is 20.4. The molecule has 1 amide bonds. The summed E-state index contributed by atoms with van der Waals surface area (Å²) in [7, 11) is 0. The fourth-order valence-electron chi connectivity index (χ4n) is 2.28. The number of rotatable bonds is 10. The van der Waals surface area contributed by atoms with Crippen LogP contribution in [0.4, 0.5) is 4.39 Å². The minimum absolute atomic E-state index is 0.296. The summed E-state index contributed by atoms with van der Waals surface area (Å²) in [5, 5.41) is 2.66. The standard InChI is InChI=1S/C21H24FNO4/c1-2-3-14-26-19-10-6-17(7-11-19)21(25)27-15-20(24)23-13-12-16-4-8-18(22)9-5-16/h4-11H,2-3,12-15H2,1H3,(H,23,24). The molecule has 0 heterocycles. The van der Waals surface area contributed by atoms with E-state index in [0.717, 1.165) is 18.4 Å². The first-order chi connectivity index (χ1) is 13.1. The second kappa shape index (κ2) is 11.0. The largest absolute Gasteiger partial charge is 0.494 e. The summed E-state index contributed by atoms with van der Waals surface area (Å²) >= 11 is 0. The van der Waals surface area contributed by atoms with E-state index in [-0.39, 0.29) is 18.3 Å². The Labute approximate surface area is 158 Å². The molecule has 0 bridgehead atoms. The molecule has 5 nitrogen and oxygen atoms in total. The second-order valence-corrected chi connectivity index (χ2v) is 6.03. The van der Waals surface area contributed by atoms with E-state index in [1.54, 1.807) is 36.4 Å². The van der Waals surface area contributed by atoms with Crippen LogP contribution in [0.5, 0.6) is 5.75 Å². The van der Waals surface area contributed by atoms with Gasteiger partial charge < -0.3 is 14.8 Å². The minimum atomic E-state index is -0.566. The zero-order chi connectivity index (χ0) is 19.5. The third-order valence-electron chi connectivity index (χ3n) is 3.84. The predicted octanol–water partition coefficient (Wildman–Crippen LogP) is 3.52. The quantitative estimate of drug-likeness (QED) is 0.511. The van der Waals surface area contributed by atoms with Crippen LogP contribution >= 0.6 is 0 Å². The fraction of sp³-hybridized carbons (Fsp3) is 0.333. The molecule has 0 atom stereocenters. The molecule has 0 aliphatic rings. The van der Waals surface area contributed by atoms with Crippen molar-refractivity contribution in [3.8, 4) is 5.75 Å². The molecular formula is C21H24FNO4. The van der Waals surface area contributed by atoms with Gasteiger partial charge in [0.05, 0.1) is 12.2 Å². The molecule has 0 saturated carbocycles. The van der Waals surface area contributed by atoms with Crippen molar-refractivity contribution in [3.63, 3.8) is 0 Å². The predicted molar refractivity (Wildman–Crippen MR) is 100 cm³/mol. The van der Waals surface area contributed by atoms with Crippen LogP contribution in [0.15, 0.2) is 48.5 Å². The van der Waals surface area contributed by atoms with E-state index in [9.17, 15) is 14.0 Å². The highest BCUT2D eigenvalue weighted by atomic mass is 19.1. The van der Waals surface area contributed by atoms with Gasteiger partial charge in [0, 0.05) is 6.54 Å². The first-order valence-corrected chi connectivity index (χ1v) is 8.99. The van der Waals surface area contributed by atoms with Crippen LogP contribution in [0, 0.1) is 5.82 Å². The van der Waals surface area contributed by atoms with Gasteiger partial charge in [0.25, 0.3) is 5.91 Å². The molecule has 0 aromatic heterocycles. The van der Waals surface area contributed by atoms with Gasteiger partial charge in [-0.15, -0.1) is 0 Å². The van der Waals surface area contributed by atoms with Gasteiger partial charge in [0.2, 0.25) is 0 Å². The average molecular weight is 373 g/mol. The van der Waals surface area contributed by atoms with Crippen LogP contribution in [0.2, 0.25) is 0 Å². The molecule has 0 fully saturated rings. The Morgan fingerprint density at radius 2 is 1.74 bits per heavy atom. The summed E-state index contributed by atoms with van der Waals surface area (Å²) in [4.78, 5) is 23.7. The van der Waals surface area contributed by atoms with E-state index in [4.69, 9.17) is 9.47 Å². The number of halogens is 1. The topological polar surface area (TPSA) is 64.6 Å². The van der Waals surface area contributed by atoms with Crippen molar-refractivity contribution in [2.24, 2.45) is 0 Å². The smallest absolute Gasteiger partial charge is 0.338 e. The number of unbranched alkanes of at least 4 members (excludes halogenated alkanes) is 1. The van der Waals surface area contributed by atoms with E-state index < -0.39 is 5.97 Å². The lowest BCUT2D eigenvalue weighted by Gasteiger charge is -2.08. The second-order valence-electron chi connectivity index (χ2n) is 6.03. The van der Waals surface area contributed by atoms with Crippen LogP contribution in [0.25, 0.3) is 0 Å². The highest BCUT2D eigenvalue weighted by molar-refractivity contribution is 5.91. The maximum absolute atomic E-state index is 12.8. The zero-order valence-corrected chi connectivity index (χ0v) is 15.4. The van der Waals surface area contributed by atoms with Gasteiger partial charge in [-0.2, -0.15) is 0 Å². The van der Waals surface area contributed by atoms with Crippen LogP contribution in [-0.2, 0) is 16.0 Å². The van der Waals surface area contributed by atoms with E-state index in [2.05, 4.69) is 12.2 Å². The van der Waals surface area contributed by atoms with Crippen molar-refractivity contribution in [1.29, 1.82) is 0 Å². The Hall–Kier alpha value is -2.89. The fourth-order valence-corrected chi connectivity index (χ4v) is 2.28. The number of ether oxygens (including phenoxy) is 2. The molecule has 0 radical (unpaired) electrons. The van der Waals surface area contributed by atoms with Gasteiger partial charge >= 0.3 is 5.97 Å². The van der Waals surface area contributed by atoms with Crippen molar-refractivity contribution in [2.75, 3.05) is 19.8 Å². The summed E-state index contributed by atoms with van der Waals surface area (Å²) in [5.74, 6) is -0.553. The highest BCUT2D eigenvalue weighted by Crippen LogP contribution is 2.13. The van der Waals surface area contributed by atoms with Crippen molar-refractivity contribution in [1.82, 2.24) is 5.32 Å². The number of carbonyl (C=O) groups is 2. The summed E-state index contributed by atoms with van der Waals surface area (Å²) in [6.45, 7) is 2.75. The Kier molecular flexibility index (Phi) is 8.29. The first-order valence-electron chi connectivity index (χ1n) is 8.99. The molecular weight excluding hydrogens is 349 g/mol. The molecule has 144 valence electrons. The molecule has 6 heteroatoms. The van der Waals surface area contributed by atoms with E-state index in [1.165, 1.54) is 12.1 Å². The lowest BCUT2D eigenvalue weighted by molar-refractivity contribution is -0.124. The van der Waals surface area contributed by atoms with Crippen LogP contribution in [0.1, 0.15) is 35.7 Å². The lowest BCUT2D eigenvalue weighted by atomic mass is 10.1. The molecule has 27 heavy (non-hydrogen) atoms. The van der Waals surface area contributed by atoms with E-state index >= 15 is 0 Å². The van der Waals surface area contributed by atoms with Crippen molar-refractivity contribution < 1.29 is 23.5 Å². The van der Waals surface area contributed by atoms with Crippen molar-refractivity contribution >= 4 is 11.9 Å². The van der Waals surface area contributed by atoms with Crippen LogP contribution < -0.4 is 10.1 Å². The summed E-state index contributed by atoms with van der Waals surface area (Å²) < 4.78 is 23.4. The highest BCUT2D eigenvalue weighted by Gasteiger charge is 2.10. The van der Waals surface area contributed by atoms with Gasteiger partial charge in [0.1, 0.15) is 11.6 Å². The maximum atomic E-state index is 12.8. The monoisotopic (exact) mass is 373 g/mol. The van der Waals surface area contributed by atoms with Gasteiger partial charge in [-0.3, -0.25) is 4.79 Å². The number of esters is 1. The van der Waals surface area contributed by atoms with Crippen molar-refractivity contribution in [3.05, 3.63) is 65.5 Å². The molecule has 0 unspecified atom stereocenters. The van der Waals surface area contributed by atoms with Gasteiger partial charge in [-0.1, -0.05) is 25.5 Å². The number of benzene rings is 2. The lowest BCUT2D eigenvalue weighted by Crippen LogP contribution is -2.30. The van der Waals surface area contributed by atoms with Gasteiger partial charge in [-0.25, -0.2) is 9.18 Å². The molecule has 0 aliphatic carbocycles. The third-order valence-corrected chi connectivity index (χ3v) is 3.84. The minimum Gasteiger partial charge on any atom is -0.494 e. The van der Waals surface area contributed by atoms with Crippen LogP contribution in [0.3, 0.4) is 0 Å². The summed E-state index contributed by atoms with van der Waals surface area (Å²) in [5.41, 5.74) is 1.27. The average Bonchev–Trinajstić information content (AvgIpc) is 2.68. The molecule has 2 aromatic carbocycles. The number of hydrogen-bond donors (Lipinski definition) is 1. The summed E-state index contributed by atoms with van der Waals surface area (Å²) in [6.07, 6.45) is 2.59. The Balaban J connectivity index is 1.68. The van der Waals surface area contributed by atoms with Gasteiger partial charge in [0.15, 0.2) is 6.61 Å². The van der Waals surface area contributed by atoms with E-state index in [1.807, 2.05) is 0 Å². The normalized spacial score (nSPS) is 10.3. The number of nitrogens with one attached hydrogen (secondary N) is 1. The molecule has 0 saturated heterocycles. The van der Waals surface area contributed by atoms with Gasteiger partial charge in [-0.05, 0) is 54.8 Å². The molecule has 2 aromatic rings. The molecule has 2 rings (SSSR count). The molecule has 1 N–H and O–H groups in total. The Morgan fingerprint density at radius 1 is 1.04 bits per heavy atom. The van der Waals surface area contributed by atoms with E-state index in [0.29, 0.717) is 30.9 Å². The molecule has 0 spiro atoms. The SMILES string of the molecule is CCCCOc1ccc(C(=O)OCC(=O)NCCc2ccc(F)cc2)cc1. The number of carbonyl (C=O) groups excluding carboxylic acids is 2.